The van der Waals surface area contributed by atoms with Crippen LogP contribution in [0, 0.1) is 0 Å². The van der Waals surface area contributed by atoms with Gasteiger partial charge < -0.3 is 10.1 Å². The molecule has 1 aliphatic rings. The van der Waals surface area contributed by atoms with Crippen molar-refractivity contribution in [2.45, 2.75) is 46.5 Å². The number of fused-ring (bicyclic) bond motifs is 1. The number of hydrogen-bond donors (Lipinski definition) is 1. The Balaban J connectivity index is 2.61. The summed E-state index contributed by atoms with van der Waals surface area (Å²) in [6.45, 7) is 12.4. The number of benzene rings is 1. The van der Waals surface area contributed by atoms with Crippen LogP contribution in [0.2, 0.25) is 0 Å². The molecule has 1 N–H and O–H groups in total. The molecule has 0 spiro atoms. The molecule has 2 rings (SSSR count). The number of nitrogens with one attached hydrogen (secondary N) is 1. The van der Waals surface area contributed by atoms with Crippen LogP contribution in [0.4, 0.5) is 5.69 Å². The first-order valence-corrected chi connectivity index (χ1v) is 7.40. The Bertz CT molecular complexity index is 477. The van der Waals surface area contributed by atoms with E-state index < -0.39 is 0 Å². The molecule has 0 aliphatic carbocycles. The number of allylic oxidation sites excluding steroid dienone is 1. The van der Waals surface area contributed by atoms with Crippen molar-refractivity contribution in [3.8, 4) is 5.75 Å². The molecule has 1 aromatic carbocycles. The van der Waals surface area contributed by atoms with Crippen molar-refractivity contribution in [1.82, 2.24) is 0 Å². The minimum Gasteiger partial charge on any atom is -0.490 e. The van der Waals surface area contributed by atoms with E-state index in [4.69, 9.17) is 4.74 Å². The van der Waals surface area contributed by atoms with Crippen LogP contribution in [-0.4, -0.2) is 13.2 Å². The van der Waals surface area contributed by atoms with Gasteiger partial charge in [0.15, 0.2) is 0 Å². The number of ether oxygens (including phenoxy) is 1. The molecule has 0 aromatic heterocycles. The minimum absolute atomic E-state index is 0.751. The average molecular weight is 259 g/mol. The monoisotopic (exact) mass is 259 g/mol. The fourth-order valence-corrected chi connectivity index (χ4v) is 2.88. The summed E-state index contributed by atoms with van der Waals surface area (Å²) in [5.74, 6) is 1.01. The summed E-state index contributed by atoms with van der Waals surface area (Å²) in [5.41, 5.74) is 6.48. The van der Waals surface area contributed by atoms with E-state index in [0.717, 1.165) is 49.4 Å². The maximum Gasteiger partial charge on any atom is 0.143 e. The Hall–Kier alpha value is -1.44. The topological polar surface area (TPSA) is 21.3 Å². The molecular formula is C17H25NO. The molecule has 2 nitrogen and oxygen atoms in total. The van der Waals surface area contributed by atoms with Crippen LogP contribution >= 0.6 is 0 Å². The maximum atomic E-state index is 5.83. The van der Waals surface area contributed by atoms with E-state index in [2.05, 4.69) is 38.7 Å². The van der Waals surface area contributed by atoms with Crippen molar-refractivity contribution in [2.24, 2.45) is 0 Å². The van der Waals surface area contributed by atoms with Gasteiger partial charge in [-0.3, -0.25) is 0 Å². The van der Waals surface area contributed by atoms with Gasteiger partial charge in [0.1, 0.15) is 12.4 Å². The normalized spacial score (nSPS) is 13.4. The fraction of sp³-hybridized carbons (Fsp3) is 0.529. The Morgan fingerprint density at radius 3 is 2.68 bits per heavy atom. The average Bonchev–Trinajstić information content (AvgIpc) is 2.39. The molecule has 104 valence electrons. The van der Waals surface area contributed by atoms with E-state index >= 15 is 0 Å². The predicted octanol–water partition coefficient (Wildman–Crippen LogP) is 4.43. The van der Waals surface area contributed by atoms with Crippen LogP contribution in [0.25, 0.3) is 5.57 Å². The summed E-state index contributed by atoms with van der Waals surface area (Å²) in [6.07, 6.45) is 4.56. The number of hydrogen-bond acceptors (Lipinski definition) is 2. The summed E-state index contributed by atoms with van der Waals surface area (Å²) in [4.78, 5) is 0. The van der Waals surface area contributed by atoms with E-state index in [0.29, 0.717) is 0 Å². The Labute approximate surface area is 116 Å². The number of rotatable bonds is 5. The fourth-order valence-electron chi connectivity index (χ4n) is 2.88. The molecule has 19 heavy (non-hydrogen) atoms. The van der Waals surface area contributed by atoms with Gasteiger partial charge in [-0.15, -0.1) is 0 Å². The van der Waals surface area contributed by atoms with Gasteiger partial charge in [-0.2, -0.15) is 0 Å². The van der Waals surface area contributed by atoms with Gasteiger partial charge in [0.25, 0.3) is 0 Å². The zero-order valence-corrected chi connectivity index (χ0v) is 12.4. The molecule has 0 saturated carbocycles. The van der Waals surface area contributed by atoms with Crippen molar-refractivity contribution in [1.29, 1.82) is 0 Å². The molecule has 0 unspecified atom stereocenters. The number of aryl methyl sites for hydroxylation is 1. The quantitative estimate of drug-likeness (QED) is 0.844. The highest BCUT2D eigenvalue weighted by Gasteiger charge is 2.20. The van der Waals surface area contributed by atoms with Gasteiger partial charge in [-0.1, -0.05) is 33.3 Å². The SMILES string of the molecule is C=C(C)c1c(CCC)c(CCC)cc2c1NCCO2. The molecule has 1 heterocycles. The zero-order valence-electron chi connectivity index (χ0n) is 12.4. The summed E-state index contributed by atoms with van der Waals surface area (Å²) >= 11 is 0. The van der Waals surface area contributed by atoms with Crippen LogP contribution in [0.1, 0.15) is 50.3 Å². The zero-order chi connectivity index (χ0) is 13.8. The summed E-state index contributed by atoms with van der Waals surface area (Å²) in [5, 5.41) is 3.49. The van der Waals surface area contributed by atoms with E-state index in [1.807, 2.05) is 0 Å². The second-order valence-electron chi connectivity index (χ2n) is 5.32. The summed E-state index contributed by atoms with van der Waals surface area (Å²) < 4.78 is 5.83. The van der Waals surface area contributed by atoms with Crippen LogP contribution in [0.3, 0.4) is 0 Å². The van der Waals surface area contributed by atoms with Crippen LogP contribution < -0.4 is 10.1 Å². The second-order valence-corrected chi connectivity index (χ2v) is 5.32. The van der Waals surface area contributed by atoms with Crippen molar-refractivity contribution in [3.63, 3.8) is 0 Å². The Morgan fingerprint density at radius 2 is 2.05 bits per heavy atom. The standard InChI is InChI=1S/C17H25NO/c1-5-7-13-11-15-17(18-9-10-19-15)16(12(3)4)14(13)8-6-2/h11,18H,3,5-10H2,1-2,4H3. The molecule has 1 aliphatic heterocycles. The summed E-state index contributed by atoms with van der Waals surface area (Å²) in [6, 6.07) is 2.24. The smallest absolute Gasteiger partial charge is 0.143 e. The van der Waals surface area contributed by atoms with Crippen molar-refractivity contribution >= 4 is 11.3 Å². The highest BCUT2D eigenvalue weighted by Crippen LogP contribution is 2.40. The van der Waals surface area contributed by atoms with Gasteiger partial charge in [0.05, 0.1) is 5.69 Å². The lowest BCUT2D eigenvalue weighted by Crippen LogP contribution is -2.20. The van der Waals surface area contributed by atoms with Crippen molar-refractivity contribution in [3.05, 3.63) is 29.3 Å². The summed E-state index contributed by atoms with van der Waals surface area (Å²) in [7, 11) is 0. The molecule has 1 aromatic rings. The highest BCUT2D eigenvalue weighted by molar-refractivity contribution is 5.82. The molecule has 0 fully saturated rings. The molecule has 0 bridgehead atoms. The first-order chi connectivity index (χ1) is 9.19. The van der Waals surface area contributed by atoms with Crippen molar-refractivity contribution < 1.29 is 4.74 Å². The molecule has 0 amide bonds. The van der Waals surface area contributed by atoms with Gasteiger partial charge in [-0.05, 0) is 42.5 Å². The van der Waals surface area contributed by atoms with Crippen LogP contribution in [0.15, 0.2) is 12.6 Å². The van der Waals surface area contributed by atoms with Crippen molar-refractivity contribution in [2.75, 3.05) is 18.5 Å². The van der Waals surface area contributed by atoms with Gasteiger partial charge in [-0.25, -0.2) is 0 Å². The Kier molecular flexibility index (Phi) is 4.52. The molecule has 2 heteroatoms. The van der Waals surface area contributed by atoms with Crippen LogP contribution in [-0.2, 0) is 12.8 Å². The third-order valence-electron chi connectivity index (χ3n) is 3.60. The first-order valence-electron chi connectivity index (χ1n) is 7.40. The van der Waals surface area contributed by atoms with Crippen LogP contribution in [0.5, 0.6) is 5.75 Å². The molecule has 0 radical (unpaired) electrons. The lowest BCUT2D eigenvalue weighted by molar-refractivity contribution is 0.322. The highest BCUT2D eigenvalue weighted by atomic mass is 16.5. The third kappa shape index (κ3) is 2.78. The third-order valence-corrected chi connectivity index (χ3v) is 3.60. The lowest BCUT2D eigenvalue weighted by Gasteiger charge is -2.26. The van der Waals surface area contributed by atoms with E-state index in [1.54, 1.807) is 0 Å². The van der Waals surface area contributed by atoms with E-state index in [9.17, 15) is 0 Å². The molecule has 0 atom stereocenters. The van der Waals surface area contributed by atoms with E-state index in [-0.39, 0.29) is 0 Å². The minimum atomic E-state index is 0.751. The van der Waals surface area contributed by atoms with E-state index in [1.165, 1.54) is 23.1 Å². The predicted molar refractivity (Wildman–Crippen MR) is 83.1 cm³/mol. The lowest BCUT2D eigenvalue weighted by atomic mass is 9.89. The first kappa shape index (κ1) is 14.0. The van der Waals surface area contributed by atoms with Gasteiger partial charge in [0, 0.05) is 12.1 Å². The maximum absolute atomic E-state index is 5.83. The van der Waals surface area contributed by atoms with Gasteiger partial charge >= 0.3 is 0 Å². The number of anilines is 1. The van der Waals surface area contributed by atoms with Gasteiger partial charge in [0.2, 0.25) is 0 Å². The second kappa shape index (κ2) is 6.14. The Morgan fingerprint density at radius 1 is 1.32 bits per heavy atom. The molecular weight excluding hydrogens is 234 g/mol. The largest absolute Gasteiger partial charge is 0.490 e. The molecule has 0 saturated heterocycles.